The molecule has 1 aliphatic heterocycles. The van der Waals surface area contributed by atoms with E-state index in [-0.39, 0.29) is 41.5 Å². The molecule has 1 atom stereocenters. The topological polar surface area (TPSA) is 98.2 Å². The summed E-state index contributed by atoms with van der Waals surface area (Å²) in [6, 6.07) is 3.68. The maximum Gasteiger partial charge on any atom is 0.203 e. The van der Waals surface area contributed by atoms with Gasteiger partial charge in [0.1, 0.15) is 0 Å². The second-order valence-corrected chi connectivity index (χ2v) is 8.22. The molecule has 0 spiro atoms. The third-order valence-electron chi connectivity index (χ3n) is 4.27. The highest BCUT2D eigenvalue weighted by atomic mass is 127. The Morgan fingerprint density at radius 1 is 1.19 bits per heavy atom. The third kappa shape index (κ3) is 6.30. The van der Waals surface area contributed by atoms with E-state index in [1.165, 1.54) is 0 Å². The quantitative estimate of drug-likeness (QED) is 0.322. The van der Waals surface area contributed by atoms with Crippen LogP contribution in [-0.2, 0) is 16.3 Å². The van der Waals surface area contributed by atoms with Crippen LogP contribution in [0, 0.1) is 0 Å². The summed E-state index contributed by atoms with van der Waals surface area (Å²) in [4.78, 5) is 4.16. The molecule has 0 radical (unpaired) electrons. The number of rotatable bonds is 7. The van der Waals surface area contributed by atoms with Gasteiger partial charge in [0.2, 0.25) is 5.75 Å². The highest BCUT2D eigenvalue weighted by molar-refractivity contribution is 14.0. The zero-order chi connectivity index (χ0) is 19.2. The Bertz CT molecular complexity index is 755. The van der Waals surface area contributed by atoms with E-state index in [0.717, 1.165) is 5.56 Å². The lowest BCUT2D eigenvalue weighted by Crippen LogP contribution is -2.44. The maximum atomic E-state index is 11.6. The first-order valence-electron chi connectivity index (χ1n) is 8.39. The number of aliphatic imine (C=N–C) groups is 1. The van der Waals surface area contributed by atoms with E-state index >= 15 is 0 Å². The first-order valence-corrected chi connectivity index (χ1v) is 10.2. The summed E-state index contributed by atoms with van der Waals surface area (Å²) in [7, 11) is 3.49. The number of hydrogen-bond donors (Lipinski definition) is 2. The van der Waals surface area contributed by atoms with E-state index < -0.39 is 9.84 Å². The highest BCUT2D eigenvalue weighted by Crippen LogP contribution is 2.39. The van der Waals surface area contributed by atoms with Crippen LogP contribution in [0.5, 0.6) is 17.2 Å². The Labute approximate surface area is 178 Å². The molecule has 1 saturated heterocycles. The number of ether oxygens (including phenoxy) is 3. The van der Waals surface area contributed by atoms with E-state index in [0.29, 0.717) is 42.6 Å². The highest BCUT2D eigenvalue weighted by Gasteiger charge is 2.28. The summed E-state index contributed by atoms with van der Waals surface area (Å²) < 4.78 is 39.3. The summed E-state index contributed by atoms with van der Waals surface area (Å²) in [6.07, 6.45) is 1.28. The molecule has 10 heteroatoms. The van der Waals surface area contributed by atoms with Gasteiger partial charge in [-0.2, -0.15) is 0 Å². The SMILES string of the molecule is CN=C(NCCc1ccc(OC)c(OC)c1OC)NC1CCS(=O)(=O)C1.I. The van der Waals surface area contributed by atoms with Crippen LogP contribution in [0.15, 0.2) is 17.1 Å². The number of halogens is 1. The van der Waals surface area contributed by atoms with Crippen LogP contribution in [0.25, 0.3) is 0 Å². The van der Waals surface area contributed by atoms with Gasteiger partial charge in [-0.15, -0.1) is 24.0 Å². The van der Waals surface area contributed by atoms with Crippen molar-refractivity contribution >= 4 is 39.8 Å². The molecule has 1 fully saturated rings. The zero-order valence-corrected chi connectivity index (χ0v) is 19.2. The lowest BCUT2D eigenvalue weighted by atomic mass is 10.1. The van der Waals surface area contributed by atoms with Gasteiger partial charge in [-0.05, 0) is 18.9 Å². The number of benzene rings is 1. The fourth-order valence-electron chi connectivity index (χ4n) is 2.97. The largest absolute Gasteiger partial charge is 0.493 e. The van der Waals surface area contributed by atoms with Crippen LogP contribution in [0.1, 0.15) is 12.0 Å². The number of guanidine groups is 1. The minimum Gasteiger partial charge on any atom is -0.493 e. The van der Waals surface area contributed by atoms with Crippen molar-refractivity contribution in [3.05, 3.63) is 17.7 Å². The van der Waals surface area contributed by atoms with Crippen molar-refractivity contribution < 1.29 is 22.6 Å². The smallest absolute Gasteiger partial charge is 0.203 e. The second-order valence-electron chi connectivity index (χ2n) is 5.99. The molecular weight excluding hydrogens is 485 g/mol. The molecule has 27 heavy (non-hydrogen) atoms. The Morgan fingerprint density at radius 2 is 1.89 bits per heavy atom. The molecule has 1 aromatic carbocycles. The van der Waals surface area contributed by atoms with Crippen LogP contribution in [0.2, 0.25) is 0 Å². The van der Waals surface area contributed by atoms with Crippen molar-refractivity contribution in [1.29, 1.82) is 0 Å². The average molecular weight is 513 g/mol. The molecule has 2 rings (SSSR count). The summed E-state index contributed by atoms with van der Waals surface area (Å²) in [6.45, 7) is 0.602. The predicted octanol–water partition coefficient (Wildman–Crippen LogP) is 1.22. The van der Waals surface area contributed by atoms with E-state index in [9.17, 15) is 8.42 Å². The number of nitrogens with zero attached hydrogens (tertiary/aromatic N) is 1. The van der Waals surface area contributed by atoms with Gasteiger partial charge in [0.15, 0.2) is 27.3 Å². The molecule has 0 aromatic heterocycles. The lowest BCUT2D eigenvalue weighted by molar-refractivity contribution is 0.322. The van der Waals surface area contributed by atoms with Crippen molar-refractivity contribution in [3.8, 4) is 17.2 Å². The van der Waals surface area contributed by atoms with Crippen molar-refractivity contribution in [2.75, 3.05) is 46.4 Å². The molecule has 0 aliphatic carbocycles. The fraction of sp³-hybridized carbons (Fsp3) is 0.588. The monoisotopic (exact) mass is 513 g/mol. The molecule has 2 N–H and O–H groups in total. The first kappa shape index (κ1) is 23.6. The Morgan fingerprint density at radius 3 is 2.41 bits per heavy atom. The molecule has 0 amide bonds. The number of nitrogens with one attached hydrogen (secondary N) is 2. The predicted molar refractivity (Wildman–Crippen MR) is 117 cm³/mol. The standard InChI is InChI=1S/C17H27N3O5S.HI/c1-18-17(20-13-8-10-26(21,22)11-13)19-9-7-12-5-6-14(23-2)16(25-4)15(12)24-3;/h5-6,13H,7-11H2,1-4H3,(H2,18,19,20);1H. The molecule has 1 aromatic rings. The van der Waals surface area contributed by atoms with E-state index in [4.69, 9.17) is 14.2 Å². The number of sulfone groups is 1. The minimum atomic E-state index is -2.92. The van der Waals surface area contributed by atoms with E-state index in [2.05, 4.69) is 15.6 Å². The Balaban J connectivity index is 0.00000364. The minimum absolute atomic E-state index is 0. The molecule has 1 aliphatic rings. The molecule has 0 saturated carbocycles. The Kier molecular flexibility index (Phi) is 9.43. The van der Waals surface area contributed by atoms with Gasteiger partial charge in [0.25, 0.3) is 0 Å². The summed E-state index contributed by atoms with van der Waals surface area (Å²) in [5.41, 5.74) is 0.969. The van der Waals surface area contributed by atoms with Gasteiger partial charge in [-0.3, -0.25) is 4.99 Å². The second kappa shape index (κ2) is 10.8. The number of methoxy groups -OCH3 is 3. The maximum absolute atomic E-state index is 11.6. The van der Waals surface area contributed by atoms with Gasteiger partial charge in [-0.25, -0.2) is 8.42 Å². The lowest BCUT2D eigenvalue weighted by Gasteiger charge is -2.18. The van der Waals surface area contributed by atoms with Crippen molar-refractivity contribution in [2.45, 2.75) is 18.9 Å². The summed E-state index contributed by atoms with van der Waals surface area (Å²) >= 11 is 0. The molecule has 154 valence electrons. The fourth-order valence-corrected chi connectivity index (χ4v) is 4.65. The van der Waals surface area contributed by atoms with Crippen LogP contribution in [0.4, 0.5) is 0 Å². The van der Waals surface area contributed by atoms with Crippen LogP contribution >= 0.6 is 24.0 Å². The molecule has 0 bridgehead atoms. The molecular formula is C17H28IN3O5S. The van der Waals surface area contributed by atoms with Crippen LogP contribution < -0.4 is 24.8 Å². The summed E-state index contributed by atoms with van der Waals surface area (Å²) in [5, 5.41) is 6.37. The van der Waals surface area contributed by atoms with Crippen LogP contribution in [0.3, 0.4) is 0 Å². The summed E-state index contributed by atoms with van der Waals surface area (Å²) in [5.74, 6) is 2.78. The van der Waals surface area contributed by atoms with Crippen molar-refractivity contribution in [1.82, 2.24) is 10.6 Å². The Hall–Kier alpha value is -1.43. The van der Waals surface area contributed by atoms with E-state index in [1.807, 2.05) is 12.1 Å². The number of hydrogen-bond acceptors (Lipinski definition) is 6. The van der Waals surface area contributed by atoms with Gasteiger partial charge < -0.3 is 24.8 Å². The van der Waals surface area contributed by atoms with Gasteiger partial charge >= 0.3 is 0 Å². The normalized spacial score (nSPS) is 18.4. The zero-order valence-electron chi connectivity index (χ0n) is 16.1. The molecule has 8 nitrogen and oxygen atoms in total. The average Bonchev–Trinajstić information content (AvgIpc) is 2.98. The van der Waals surface area contributed by atoms with Crippen LogP contribution in [-0.4, -0.2) is 66.8 Å². The van der Waals surface area contributed by atoms with Crippen molar-refractivity contribution in [3.63, 3.8) is 0 Å². The first-order chi connectivity index (χ1) is 12.4. The molecule has 1 unspecified atom stereocenters. The van der Waals surface area contributed by atoms with Gasteiger partial charge in [0.05, 0.1) is 32.8 Å². The third-order valence-corrected chi connectivity index (χ3v) is 6.04. The molecule has 1 heterocycles. The van der Waals surface area contributed by atoms with Gasteiger partial charge in [-0.1, -0.05) is 6.07 Å². The van der Waals surface area contributed by atoms with Gasteiger partial charge in [0, 0.05) is 25.2 Å². The van der Waals surface area contributed by atoms with Crippen molar-refractivity contribution in [2.24, 2.45) is 4.99 Å². The van der Waals surface area contributed by atoms with E-state index in [1.54, 1.807) is 28.4 Å².